The molecule has 0 fully saturated rings. The molecule has 152 valence electrons. The molecule has 1 aliphatic rings. The molecule has 0 amide bonds. The van der Waals surface area contributed by atoms with Crippen molar-refractivity contribution in [2.24, 2.45) is 0 Å². The van der Waals surface area contributed by atoms with E-state index in [4.69, 9.17) is 0 Å². The third kappa shape index (κ3) is 4.28. The molecule has 0 saturated carbocycles. The third-order valence-electron chi connectivity index (χ3n) is 5.19. The van der Waals surface area contributed by atoms with Gasteiger partial charge in [-0.15, -0.1) is 24.8 Å². The number of halogens is 3. The zero-order valence-corrected chi connectivity index (χ0v) is 24.8. The predicted molar refractivity (Wildman–Crippen MR) is 134 cm³/mol. The molecule has 0 spiro atoms. The second-order valence-electron chi connectivity index (χ2n) is 9.69. The van der Waals surface area contributed by atoms with E-state index >= 15 is 0 Å². The number of thiophene rings is 1. The molecule has 28 heavy (non-hydrogen) atoms. The standard InChI is InChI=1S/C15H8BrS.C4H10N.2CH3.2ClH.H2Si.Zr/c16-10-5-6-12-13(8-10)17-14-7-9-3-1-2-4-11(9)15(12)14;1-4(2,3)5;;;;;;/h1-8H;5H,1-3H3;2*1H3;2*1H;1H2;/q;-1;;;;;;+1. The molecule has 0 radical (unpaired) electrons. The van der Waals surface area contributed by atoms with Crippen molar-refractivity contribution in [3.63, 3.8) is 0 Å². The van der Waals surface area contributed by atoms with Gasteiger partial charge in [-0.2, -0.15) is 0 Å². The summed E-state index contributed by atoms with van der Waals surface area (Å²) in [5.41, 5.74) is 4.62. The van der Waals surface area contributed by atoms with Gasteiger partial charge >= 0.3 is 173 Å². The Balaban J connectivity index is 0.00000140. The van der Waals surface area contributed by atoms with E-state index in [2.05, 4.69) is 98.6 Å². The van der Waals surface area contributed by atoms with Crippen molar-refractivity contribution < 1.29 is 17.7 Å². The summed E-state index contributed by atoms with van der Waals surface area (Å²) in [7, 11) is 0. The average molecular weight is 597 g/mol. The van der Waals surface area contributed by atoms with Gasteiger partial charge in [-0.3, -0.25) is 0 Å². The topological polar surface area (TPSA) is 12.0 Å². The molecular weight excluding hydrogens is 568 g/mol. The first-order chi connectivity index (χ1) is 11.9. The molecule has 7 heteroatoms. The minimum atomic E-state index is -3.25. The number of nitrogens with one attached hydrogen (secondary N) is 1. The molecular formula is C21H28BrCl2NSSiZr. The average Bonchev–Trinajstić information content (AvgIpc) is 2.96. The molecule has 0 aliphatic heterocycles. The Morgan fingerprint density at radius 2 is 1.71 bits per heavy atom. The summed E-state index contributed by atoms with van der Waals surface area (Å²) >= 11 is 2.40. The number of hydrogen-bond donors (Lipinski definition) is 1. The van der Waals surface area contributed by atoms with E-state index in [9.17, 15) is 0 Å². The molecule has 1 unspecified atom stereocenters. The largest absolute Gasteiger partial charge is 0.147 e. The van der Waals surface area contributed by atoms with Crippen LogP contribution in [0, 0.1) is 0 Å². The molecule has 1 aliphatic carbocycles. The quantitative estimate of drug-likeness (QED) is 0.308. The van der Waals surface area contributed by atoms with Crippen LogP contribution in [-0.4, -0.2) is 12.4 Å². The Hall–Kier alpha value is 0.520. The van der Waals surface area contributed by atoms with Gasteiger partial charge in [0.25, 0.3) is 0 Å². The van der Waals surface area contributed by atoms with Crippen molar-refractivity contribution in [1.29, 1.82) is 0 Å². The van der Waals surface area contributed by atoms with Crippen LogP contribution < -0.4 is 3.26 Å². The van der Waals surface area contributed by atoms with Crippen LogP contribution in [0.2, 0.25) is 9.26 Å². The Morgan fingerprint density at radius 3 is 2.36 bits per heavy atom. The first-order valence-electron chi connectivity index (χ1n) is 9.13. The van der Waals surface area contributed by atoms with Gasteiger partial charge in [0.05, 0.1) is 0 Å². The zero-order valence-electron chi connectivity index (χ0n) is 16.9. The van der Waals surface area contributed by atoms with Gasteiger partial charge in [0.2, 0.25) is 0 Å². The molecule has 1 atom stereocenters. The first-order valence-corrected chi connectivity index (χ1v) is 24.2. The van der Waals surface area contributed by atoms with E-state index in [1.165, 1.54) is 25.7 Å². The minimum absolute atomic E-state index is 0. The van der Waals surface area contributed by atoms with E-state index < -0.39 is 17.7 Å². The van der Waals surface area contributed by atoms with Crippen LogP contribution in [0.4, 0.5) is 0 Å². The Morgan fingerprint density at radius 1 is 1.07 bits per heavy atom. The van der Waals surface area contributed by atoms with Gasteiger partial charge in [0.15, 0.2) is 0 Å². The second-order valence-corrected chi connectivity index (χ2v) is 40.4. The van der Waals surface area contributed by atoms with Gasteiger partial charge in [-0.05, 0) is 0 Å². The zero-order chi connectivity index (χ0) is 18.9. The maximum absolute atomic E-state index is 4.17. The Kier molecular flexibility index (Phi) is 6.99. The number of rotatable bonds is 2. The van der Waals surface area contributed by atoms with Crippen LogP contribution in [0.3, 0.4) is 0 Å². The van der Waals surface area contributed by atoms with Crippen LogP contribution in [-0.2, 0) is 17.7 Å². The van der Waals surface area contributed by atoms with Gasteiger partial charge in [0.1, 0.15) is 0 Å². The molecule has 4 rings (SSSR count). The molecule has 0 saturated heterocycles. The Bertz CT molecular complexity index is 1110. The summed E-state index contributed by atoms with van der Waals surface area (Å²) in [6.45, 7) is 9.24. The molecule has 3 aromatic rings. The van der Waals surface area contributed by atoms with E-state index in [1.54, 1.807) is 10.4 Å². The molecule has 1 heterocycles. The maximum atomic E-state index is 4.17. The number of benzene rings is 2. The fourth-order valence-electron chi connectivity index (χ4n) is 4.91. The van der Waals surface area contributed by atoms with Crippen molar-refractivity contribution in [2.45, 2.75) is 39.2 Å². The van der Waals surface area contributed by atoms with Crippen molar-refractivity contribution in [2.75, 3.05) is 0 Å². The minimum Gasteiger partial charge on any atom is -0.147 e. The van der Waals surface area contributed by atoms with Crippen LogP contribution >= 0.6 is 52.1 Å². The molecule has 1 nitrogen and oxygen atoms in total. The van der Waals surface area contributed by atoms with Gasteiger partial charge in [0, 0.05) is 0 Å². The molecule has 1 N–H and O–H groups in total. The summed E-state index contributed by atoms with van der Waals surface area (Å²) in [6, 6.07) is 15.9. The van der Waals surface area contributed by atoms with Crippen LogP contribution in [0.5, 0.6) is 0 Å². The maximum Gasteiger partial charge on any atom is -0.147 e. The fraction of sp³-hybridized carbons (Fsp3) is 0.333. The summed E-state index contributed by atoms with van der Waals surface area (Å²) in [5.74, 6) is 0. The van der Waals surface area contributed by atoms with Crippen LogP contribution in [0.25, 0.3) is 21.2 Å². The van der Waals surface area contributed by atoms with Crippen molar-refractivity contribution >= 4 is 69.0 Å². The smallest absolute Gasteiger partial charge is 0.147 e. The van der Waals surface area contributed by atoms with Crippen molar-refractivity contribution in [1.82, 2.24) is 3.26 Å². The Labute approximate surface area is 195 Å². The first kappa shape index (κ1) is 24.8. The summed E-state index contributed by atoms with van der Waals surface area (Å²) in [6.07, 6.45) is 0. The summed E-state index contributed by atoms with van der Waals surface area (Å²) in [4.78, 5) is 1.58. The van der Waals surface area contributed by atoms with Crippen LogP contribution in [0.15, 0.2) is 46.9 Å². The molecule has 1 aromatic heterocycles. The molecule has 2 aromatic carbocycles. The van der Waals surface area contributed by atoms with E-state index in [0.29, 0.717) is 3.63 Å². The molecule has 0 bridgehead atoms. The third-order valence-corrected chi connectivity index (χ3v) is 20.8. The van der Waals surface area contributed by atoms with Crippen molar-refractivity contribution in [3.8, 4) is 11.1 Å². The number of hydrogen-bond acceptors (Lipinski definition) is 2. The van der Waals surface area contributed by atoms with E-state index in [0.717, 1.165) is 0 Å². The normalized spacial score (nSPS) is 16.2. The van der Waals surface area contributed by atoms with Gasteiger partial charge < -0.3 is 0 Å². The monoisotopic (exact) mass is 593 g/mol. The predicted octanol–water partition coefficient (Wildman–Crippen LogP) is 7.21. The second kappa shape index (κ2) is 7.89. The summed E-state index contributed by atoms with van der Waals surface area (Å²) in [5, 5.41) is 1.41. The summed E-state index contributed by atoms with van der Waals surface area (Å²) < 4.78 is 12.4. The fourth-order valence-corrected chi connectivity index (χ4v) is 27.8. The van der Waals surface area contributed by atoms with Gasteiger partial charge in [-0.1, -0.05) is 0 Å². The van der Waals surface area contributed by atoms with Crippen LogP contribution in [0.1, 0.15) is 34.8 Å². The van der Waals surface area contributed by atoms with Crippen molar-refractivity contribution in [3.05, 3.63) is 57.4 Å². The SMILES string of the molecule is CC(C)(C)[NH][Zr]([CH3])([CH3])(=[SiH2])[CH]1c2ccccc2-c2c1sc1cc(Br)ccc21.Cl.Cl. The van der Waals surface area contributed by atoms with E-state index in [-0.39, 0.29) is 30.4 Å². The van der Waals surface area contributed by atoms with Gasteiger partial charge in [-0.25, -0.2) is 0 Å². The number of fused-ring (bicyclic) bond motifs is 5. The van der Waals surface area contributed by atoms with E-state index in [1.807, 2.05) is 11.3 Å².